The number of hydrogen-bond acceptors (Lipinski definition) is 3. The number of phenols is 2. The molecule has 0 bridgehead atoms. The molecule has 1 aromatic rings. The van der Waals surface area contributed by atoms with Gasteiger partial charge in [-0.25, -0.2) is 0 Å². The summed E-state index contributed by atoms with van der Waals surface area (Å²) in [5.74, 6) is 0.949. The smallest absolute Gasteiger partial charge is 0.119 e. The molecule has 1 aliphatic carbocycles. The van der Waals surface area contributed by atoms with E-state index in [1.165, 1.54) is 25.3 Å². The normalized spacial score (nSPS) is 26.0. The molecule has 1 aromatic carbocycles. The van der Waals surface area contributed by atoms with Gasteiger partial charge in [0, 0.05) is 18.2 Å². The maximum atomic E-state index is 9.47. The number of phenolic OH excluding ortho intramolecular Hbond substituents is 2. The molecule has 0 spiro atoms. The fourth-order valence-corrected chi connectivity index (χ4v) is 2.68. The van der Waals surface area contributed by atoms with Crippen LogP contribution in [-0.4, -0.2) is 16.3 Å². The van der Waals surface area contributed by atoms with Gasteiger partial charge in [0.15, 0.2) is 0 Å². The molecule has 0 aromatic heterocycles. The van der Waals surface area contributed by atoms with E-state index < -0.39 is 0 Å². The molecule has 3 heteroatoms. The molecule has 94 valence electrons. The number of rotatable bonds is 3. The highest BCUT2D eigenvalue weighted by Crippen LogP contribution is 2.29. The Hall–Kier alpha value is -1.22. The van der Waals surface area contributed by atoms with Crippen molar-refractivity contribution in [1.29, 1.82) is 0 Å². The minimum Gasteiger partial charge on any atom is -0.508 e. The number of hydrogen-bond donors (Lipinski definition) is 3. The van der Waals surface area contributed by atoms with E-state index in [0.717, 1.165) is 5.56 Å². The van der Waals surface area contributed by atoms with E-state index >= 15 is 0 Å². The van der Waals surface area contributed by atoms with Gasteiger partial charge in [-0.3, -0.25) is 0 Å². The first-order chi connectivity index (χ1) is 8.06. The summed E-state index contributed by atoms with van der Waals surface area (Å²) in [6, 6.07) is 5.47. The summed E-state index contributed by atoms with van der Waals surface area (Å²) in [5.41, 5.74) is 0.932. The van der Waals surface area contributed by atoms with Crippen LogP contribution in [-0.2, 0) is 0 Å². The molecule has 1 aliphatic rings. The standard InChI is InChI=1S/C14H21NO2/c1-9-4-3-5-14(9)15-10(2)11-6-12(16)8-13(17)7-11/h6-10,14-17H,3-5H2,1-2H3. The second-order valence-corrected chi connectivity index (χ2v) is 5.19. The van der Waals surface area contributed by atoms with Crippen LogP contribution in [0.25, 0.3) is 0 Å². The van der Waals surface area contributed by atoms with Crippen LogP contribution >= 0.6 is 0 Å². The lowest BCUT2D eigenvalue weighted by Gasteiger charge is -2.23. The van der Waals surface area contributed by atoms with E-state index in [1.54, 1.807) is 12.1 Å². The maximum Gasteiger partial charge on any atom is 0.119 e. The fourth-order valence-electron chi connectivity index (χ4n) is 2.68. The summed E-state index contributed by atoms with van der Waals surface area (Å²) in [4.78, 5) is 0. The lowest BCUT2D eigenvalue weighted by molar-refractivity contribution is 0.385. The van der Waals surface area contributed by atoms with Crippen LogP contribution in [0.2, 0.25) is 0 Å². The number of benzene rings is 1. The first kappa shape index (κ1) is 12.2. The largest absolute Gasteiger partial charge is 0.508 e. The predicted molar refractivity (Wildman–Crippen MR) is 68.1 cm³/mol. The predicted octanol–water partition coefficient (Wildman–Crippen LogP) is 2.94. The highest BCUT2D eigenvalue weighted by Gasteiger charge is 2.24. The van der Waals surface area contributed by atoms with Crippen molar-refractivity contribution in [3.05, 3.63) is 23.8 Å². The summed E-state index contributed by atoms with van der Waals surface area (Å²) in [6.07, 6.45) is 3.79. The van der Waals surface area contributed by atoms with Gasteiger partial charge in [0.25, 0.3) is 0 Å². The topological polar surface area (TPSA) is 52.5 Å². The molecule has 0 radical (unpaired) electrons. The van der Waals surface area contributed by atoms with E-state index in [2.05, 4.69) is 19.2 Å². The van der Waals surface area contributed by atoms with Crippen LogP contribution in [0.4, 0.5) is 0 Å². The first-order valence-corrected chi connectivity index (χ1v) is 6.35. The molecule has 0 amide bonds. The summed E-state index contributed by atoms with van der Waals surface area (Å²) < 4.78 is 0. The van der Waals surface area contributed by atoms with Gasteiger partial charge >= 0.3 is 0 Å². The maximum absolute atomic E-state index is 9.47. The summed E-state index contributed by atoms with van der Waals surface area (Å²) in [6.45, 7) is 4.34. The van der Waals surface area contributed by atoms with Crippen molar-refractivity contribution in [2.45, 2.75) is 45.2 Å². The third-order valence-corrected chi connectivity index (χ3v) is 3.75. The molecule has 3 atom stereocenters. The zero-order chi connectivity index (χ0) is 12.4. The van der Waals surface area contributed by atoms with Crippen molar-refractivity contribution in [1.82, 2.24) is 5.32 Å². The Morgan fingerprint density at radius 3 is 2.35 bits per heavy atom. The van der Waals surface area contributed by atoms with Crippen LogP contribution in [0.15, 0.2) is 18.2 Å². The van der Waals surface area contributed by atoms with Crippen molar-refractivity contribution in [3.8, 4) is 11.5 Å². The Labute approximate surface area is 102 Å². The monoisotopic (exact) mass is 235 g/mol. The molecule has 17 heavy (non-hydrogen) atoms. The van der Waals surface area contributed by atoms with E-state index in [9.17, 15) is 10.2 Å². The zero-order valence-electron chi connectivity index (χ0n) is 10.5. The summed E-state index contributed by atoms with van der Waals surface area (Å²) in [7, 11) is 0. The molecular formula is C14H21NO2. The van der Waals surface area contributed by atoms with Gasteiger partial charge in [-0.15, -0.1) is 0 Å². The molecule has 1 saturated carbocycles. The van der Waals surface area contributed by atoms with Crippen LogP contribution in [0.3, 0.4) is 0 Å². The van der Waals surface area contributed by atoms with Gasteiger partial charge in [-0.1, -0.05) is 13.3 Å². The Morgan fingerprint density at radius 1 is 1.18 bits per heavy atom. The minimum atomic E-state index is 0.119. The van der Waals surface area contributed by atoms with Gasteiger partial charge in [0.05, 0.1) is 0 Å². The fraction of sp³-hybridized carbons (Fsp3) is 0.571. The SMILES string of the molecule is CC(NC1CCCC1C)c1cc(O)cc(O)c1. The Balaban J connectivity index is 2.06. The molecule has 0 saturated heterocycles. The minimum absolute atomic E-state index is 0.119. The Morgan fingerprint density at radius 2 is 1.82 bits per heavy atom. The van der Waals surface area contributed by atoms with Crippen molar-refractivity contribution in [3.63, 3.8) is 0 Å². The average molecular weight is 235 g/mol. The van der Waals surface area contributed by atoms with Gasteiger partial charge in [-0.2, -0.15) is 0 Å². The van der Waals surface area contributed by atoms with Crippen molar-refractivity contribution in [2.75, 3.05) is 0 Å². The van der Waals surface area contributed by atoms with Crippen molar-refractivity contribution in [2.24, 2.45) is 5.92 Å². The molecule has 3 unspecified atom stereocenters. The van der Waals surface area contributed by atoms with Gasteiger partial charge in [-0.05, 0) is 43.4 Å². The van der Waals surface area contributed by atoms with Crippen LogP contribution in [0.5, 0.6) is 11.5 Å². The summed E-state index contributed by atoms with van der Waals surface area (Å²) in [5, 5.41) is 22.5. The van der Waals surface area contributed by atoms with Crippen LogP contribution in [0.1, 0.15) is 44.7 Å². The third kappa shape index (κ3) is 2.91. The Kier molecular flexibility index (Phi) is 3.57. The first-order valence-electron chi connectivity index (χ1n) is 6.35. The zero-order valence-corrected chi connectivity index (χ0v) is 10.5. The third-order valence-electron chi connectivity index (χ3n) is 3.75. The molecule has 0 heterocycles. The molecular weight excluding hydrogens is 214 g/mol. The number of nitrogens with one attached hydrogen (secondary N) is 1. The molecule has 2 rings (SSSR count). The van der Waals surface area contributed by atoms with Crippen molar-refractivity contribution < 1.29 is 10.2 Å². The highest BCUT2D eigenvalue weighted by molar-refractivity contribution is 5.38. The van der Waals surface area contributed by atoms with E-state index in [-0.39, 0.29) is 17.5 Å². The quantitative estimate of drug-likeness (QED) is 0.755. The average Bonchev–Trinajstić information content (AvgIpc) is 2.63. The molecule has 3 N–H and O–H groups in total. The van der Waals surface area contributed by atoms with E-state index in [1.807, 2.05) is 0 Å². The van der Waals surface area contributed by atoms with E-state index in [4.69, 9.17) is 0 Å². The van der Waals surface area contributed by atoms with Crippen LogP contribution in [0, 0.1) is 5.92 Å². The lowest BCUT2D eigenvalue weighted by Crippen LogP contribution is -2.33. The van der Waals surface area contributed by atoms with Gasteiger partial charge < -0.3 is 15.5 Å². The summed E-state index contributed by atoms with van der Waals surface area (Å²) >= 11 is 0. The molecule has 0 aliphatic heterocycles. The molecule has 3 nitrogen and oxygen atoms in total. The highest BCUT2D eigenvalue weighted by atomic mass is 16.3. The molecule has 1 fully saturated rings. The Bertz CT molecular complexity index is 372. The lowest BCUT2D eigenvalue weighted by atomic mass is 10.0. The van der Waals surface area contributed by atoms with Gasteiger partial charge in [0.1, 0.15) is 11.5 Å². The van der Waals surface area contributed by atoms with Gasteiger partial charge in [0.2, 0.25) is 0 Å². The second kappa shape index (κ2) is 4.96. The second-order valence-electron chi connectivity index (χ2n) is 5.19. The number of aromatic hydroxyl groups is 2. The van der Waals surface area contributed by atoms with E-state index in [0.29, 0.717) is 12.0 Å². The van der Waals surface area contributed by atoms with Crippen LogP contribution < -0.4 is 5.32 Å². The van der Waals surface area contributed by atoms with Crippen molar-refractivity contribution >= 4 is 0 Å².